The van der Waals surface area contributed by atoms with Crippen molar-refractivity contribution in [3.8, 4) is 22.8 Å². The number of ether oxygens (including phenoxy) is 2. The smallest absolute Gasteiger partial charge is 0.272 e. The molecule has 1 fully saturated rings. The first-order chi connectivity index (χ1) is 16.8. The van der Waals surface area contributed by atoms with E-state index in [1.807, 2.05) is 36.7 Å². The molecule has 1 aliphatic carbocycles. The van der Waals surface area contributed by atoms with Gasteiger partial charge in [0.15, 0.2) is 5.69 Å². The second-order valence-corrected chi connectivity index (χ2v) is 9.87. The van der Waals surface area contributed by atoms with Gasteiger partial charge in [0.2, 0.25) is 5.91 Å². The fraction of sp³-hybridized carbons (Fsp3) is 0.593. The summed E-state index contributed by atoms with van der Waals surface area (Å²) < 4.78 is 13.1. The molecule has 0 aliphatic heterocycles. The summed E-state index contributed by atoms with van der Waals surface area (Å²) in [5.41, 5.74) is 1.82. The van der Waals surface area contributed by atoms with Crippen molar-refractivity contribution in [2.45, 2.75) is 78.4 Å². The highest BCUT2D eigenvalue weighted by atomic mass is 16.5. The van der Waals surface area contributed by atoms with Crippen LogP contribution in [0.4, 0.5) is 0 Å². The lowest BCUT2D eigenvalue weighted by Gasteiger charge is -2.28. The molecule has 1 heterocycles. The summed E-state index contributed by atoms with van der Waals surface area (Å²) in [6.45, 7) is 8.95. The topological polar surface area (TPSA) is 94.5 Å². The van der Waals surface area contributed by atoms with Crippen molar-refractivity contribution in [3.05, 3.63) is 30.0 Å². The summed E-state index contributed by atoms with van der Waals surface area (Å²) in [6, 6.07) is 7.38. The Labute approximate surface area is 208 Å². The van der Waals surface area contributed by atoms with Crippen LogP contribution in [0.3, 0.4) is 0 Å². The Kier molecular flexibility index (Phi) is 9.18. The molecule has 8 heteroatoms. The van der Waals surface area contributed by atoms with Crippen molar-refractivity contribution < 1.29 is 19.1 Å². The van der Waals surface area contributed by atoms with Gasteiger partial charge in [-0.2, -0.15) is 5.10 Å². The first kappa shape index (κ1) is 26.6. The summed E-state index contributed by atoms with van der Waals surface area (Å²) in [5, 5.41) is 10.8. The summed E-state index contributed by atoms with van der Waals surface area (Å²) in [6.07, 6.45) is 4.46. The number of carbonyl (C=O) groups excluding carboxylic acids is 2. The van der Waals surface area contributed by atoms with E-state index >= 15 is 0 Å². The normalized spacial score (nSPS) is 15.3. The maximum absolute atomic E-state index is 13.3. The highest BCUT2D eigenvalue weighted by Crippen LogP contribution is 2.39. The Morgan fingerprint density at radius 3 is 2.31 bits per heavy atom. The number of amides is 2. The number of methoxy groups -OCH3 is 2. The van der Waals surface area contributed by atoms with Crippen LogP contribution >= 0.6 is 0 Å². The second kappa shape index (κ2) is 12.1. The average molecular weight is 485 g/mol. The van der Waals surface area contributed by atoms with Gasteiger partial charge in [0, 0.05) is 25.0 Å². The molecule has 2 atom stereocenters. The lowest BCUT2D eigenvalue weighted by atomic mass is 9.92. The molecule has 0 bridgehead atoms. The molecule has 8 nitrogen and oxygen atoms in total. The van der Waals surface area contributed by atoms with Gasteiger partial charge in [0.05, 0.1) is 25.5 Å². The van der Waals surface area contributed by atoms with Crippen molar-refractivity contribution in [3.63, 3.8) is 0 Å². The molecule has 0 radical (unpaired) electrons. The zero-order valence-electron chi connectivity index (χ0n) is 21.9. The number of aromatic nitrogens is 2. The van der Waals surface area contributed by atoms with Crippen molar-refractivity contribution in [1.82, 2.24) is 20.4 Å². The van der Waals surface area contributed by atoms with E-state index in [1.165, 1.54) is 0 Å². The summed E-state index contributed by atoms with van der Waals surface area (Å²) in [7, 11) is 3.23. The van der Waals surface area contributed by atoms with Crippen LogP contribution < -0.4 is 20.1 Å². The zero-order chi connectivity index (χ0) is 25.5. The number of carbonyl (C=O) groups is 2. The van der Waals surface area contributed by atoms with Crippen LogP contribution in [0.15, 0.2) is 24.3 Å². The minimum absolute atomic E-state index is 0.0181. The van der Waals surface area contributed by atoms with Crippen LogP contribution in [-0.4, -0.2) is 47.9 Å². The van der Waals surface area contributed by atoms with E-state index in [4.69, 9.17) is 9.47 Å². The van der Waals surface area contributed by atoms with E-state index in [2.05, 4.69) is 29.6 Å². The number of hydrogen-bond donors (Lipinski definition) is 2. The van der Waals surface area contributed by atoms with Gasteiger partial charge >= 0.3 is 0 Å². The fourth-order valence-electron chi connectivity index (χ4n) is 4.13. The third-order valence-corrected chi connectivity index (χ3v) is 6.87. The molecule has 2 amide bonds. The van der Waals surface area contributed by atoms with Gasteiger partial charge in [-0.05, 0) is 49.3 Å². The van der Waals surface area contributed by atoms with Crippen LogP contribution in [0.2, 0.25) is 0 Å². The molecular formula is C27H40N4O4. The van der Waals surface area contributed by atoms with Gasteiger partial charge < -0.3 is 20.1 Å². The third-order valence-electron chi connectivity index (χ3n) is 6.87. The highest BCUT2D eigenvalue weighted by molar-refractivity contribution is 5.94. The molecule has 3 rings (SSSR count). The van der Waals surface area contributed by atoms with Crippen molar-refractivity contribution in [1.29, 1.82) is 0 Å². The van der Waals surface area contributed by atoms with Gasteiger partial charge in [-0.3, -0.25) is 14.3 Å². The molecule has 2 unspecified atom stereocenters. The van der Waals surface area contributed by atoms with Crippen molar-refractivity contribution in [2.75, 3.05) is 14.2 Å². The Morgan fingerprint density at radius 2 is 1.80 bits per heavy atom. The molecule has 192 valence electrons. The minimum atomic E-state index is -0.293. The SMILES string of the molecule is CCC(C)Cn1nc(C(=O)NC(CC(=O)NC2CCC2)C(C)C)cc1-c1c(OC)cccc1OC. The van der Waals surface area contributed by atoms with Crippen LogP contribution in [0.5, 0.6) is 11.5 Å². The molecule has 0 spiro atoms. The van der Waals surface area contributed by atoms with Gasteiger partial charge in [-0.1, -0.05) is 40.2 Å². The molecule has 1 aromatic heterocycles. The highest BCUT2D eigenvalue weighted by Gasteiger charge is 2.27. The predicted octanol–water partition coefficient (Wildman–Crippen LogP) is 4.43. The van der Waals surface area contributed by atoms with Crippen LogP contribution in [0, 0.1) is 11.8 Å². The summed E-state index contributed by atoms with van der Waals surface area (Å²) >= 11 is 0. The number of benzene rings is 1. The monoisotopic (exact) mass is 484 g/mol. The molecule has 2 N–H and O–H groups in total. The van der Waals surface area contributed by atoms with E-state index in [1.54, 1.807) is 20.3 Å². The summed E-state index contributed by atoms with van der Waals surface area (Å²) in [5.74, 6) is 1.45. The molecule has 1 aliphatic rings. The Bertz CT molecular complexity index is 990. The number of nitrogens with one attached hydrogen (secondary N) is 2. The largest absolute Gasteiger partial charge is 0.496 e. The van der Waals surface area contributed by atoms with Gasteiger partial charge in [0.1, 0.15) is 11.5 Å². The third kappa shape index (κ3) is 6.55. The van der Waals surface area contributed by atoms with E-state index < -0.39 is 0 Å². The fourth-order valence-corrected chi connectivity index (χ4v) is 4.13. The van der Waals surface area contributed by atoms with E-state index in [-0.39, 0.29) is 36.2 Å². The second-order valence-electron chi connectivity index (χ2n) is 9.87. The van der Waals surface area contributed by atoms with Crippen LogP contribution in [-0.2, 0) is 11.3 Å². The molecule has 1 saturated carbocycles. The van der Waals surface area contributed by atoms with Gasteiger partial charge in [-0.15, -0.1) is 0 Å². The predicted molar refractivity (Wildman–Crippen MR) is 137 cm³/mol. The van der Waals surface area contributed by atoms with Crippen molar-refractivity contribution in [2.24, 2.45) is 11.8 Å². The van der Waals surface area contributed by atoms with Crippen LogP contribution in [0.25, 0.3) is 11.3 Å². The molecular weight excluding hydrogens is 444 g/mol. The Morgan fingerprint density at radius 1 is 1.14 bits per heavy atom. The van der Waals surface area contributed by atoms with E-state index in [0.29, 0.717) is 29.7 Å². The molecule has 35 heavy (non-hydrogen) atoms. The quantitative estimate of drug-likeness (QED) is 0.465. The van der Waals surface area contributed by atoms with Crippen molar-refractivity contribution >= 4 is 11.8 Å². The van der Waals surface area contributed by atoms with E-state index in [0.717, 1.165) is 36.9 Å². The maximum Gasteiger partial charge on any atom is 0.272 e. The van der Waals surface area contributed by atoms with Gasteiger partial charge in [-0.25, -0.2) is 0 Å². The first-order valence-electron chi connectivity index (χ1n) is 12.7. The molecule has 2 aromatic rings. The lowest BCUT2D eigenvalue weighted by Crippen LogP contribution is -2.45. The average Bonchev–Trinajstić information content (AvgIpc) is 3.23. The molecule has 0 saturated heterocycles. The lowest BCUT2D eigenvalue weighted by molar-refractivity contribution is -0.123. The summed E-state index contributed by atoms with van der Waals surface area (Å²) in [4.78, 5) is 25.8. The number of nitrogens with zero attached hydrogens (tertiary/aromatic N) is 2. The maximum atomic E-state index is 13.3. The van der Waals surface area contributed by atoms with E-state index in [9.17, 15) is 9.59 Å². The Balaban J connectivity index is 1.88. The minimum Gasteiger partial charge on any atom is -0.496 e. The standard InChI is InChI=1S/C27H40N4O4/c1-7-18(4)16-31-22(26-23(34-5)12-9-13-24(26)35-6)14-21(30-31)27(33)29-20(17(2)3)15-25(32)28-19-10-8-11-19/h9,12-14,17-20H,7-8,10-11,15-16H2,1-6H3,(H,28,32)(H,29,33). The van der Waals surface area contributed by atoms with Crippen LogP contribution in [0.1, 0.15) is 70.3 Å². The molecule has 1 aromatic carbocycles. The first-order valence-corrected chi connectivity index (χ1v) is 12.7. The number of hydrogen-bond acceptors (Lipinski definition) is 5. The zero-order valence-corrected chi connectivity index (χ0v) is 21.9. The Hall–Kier alpha value is -3.03. The number of rotatable bonds is 12. The van der Waals surface area contributed by atoms with Gasteiger partial charge in [0.25, 0.3) is 5.91 Å².